The number of rotatable bonds is 6. The standard InChI is InChI=1S/C16H21NO5/c1-21-9-8-17-14(18)7-6-13(16(19)20)15(17)11-4-3-5-12(10-11)22-2/h3-5,10,13,15H,6-9H2,1-2H3,(H,19,20)/t13-,15-/m0/s1. The highest BCUT2D eigenvalue weighted by Gasteiger charge is 2.40. The maximum absolute atomic E-state index is 12.3. The molecule has 1 N–H and O–H groups in total. The Labute approximate surface area is 129 Å². The third kappa shape index (κ3) is 3.39. The summed E-state index contributed by atoms with van der Waals surface area (Å²) in [6.45, 7) is 0.750. The van der Waals surface area contributed by atoms with Gasteiger partial charge in [-0.1, -0.05) is 12.1 Å². The molecule has 0 bridgehead atoms. The van der Waals surface area contributed by atoms with Crippen molar-refractivity contribution in [3.63, 3.8) is 0 Å². The second kappa shape index (κ2) is 7.26. The molecule has 22 heavy (non-hydrogen) atoms. The minimum absolute atomic E-state index is 0.0395. The Morgan fingerprint density at radius 3 is 2.82 bits per heavy atom. The van der Waals surface area contributed by atoms with Gasteiger partial charge in [0.15, 0.2) is 0 Å². The summed E-state index contributed by atoms with van der Waals surface area (Å²) in [7, 11) is 3.12. The number of likely N-dealkylation sites (tertiary alicyclic amines) is 1. The number of carbonyl (C=O) groups excluding carboxylic acids is 1. The number of amides is 1. The van der Waals surface area contributed by atoms with Crippen molar-refractivity contribution >= 4 is 11.9 Å². The fourth-order valence-corrected chi connectivity index (χ4v) is 2.90. The van der Waals surface area contributed by atoms with Gasteiger partial charge in [0, 0.05) is 20.1 Å². The van der Waals surface area contributed by atoms with E-state index in [1.165, 1.54) is 0 Å². The Bertz CT molecular complexity index is 545. The van der Waals surface area contributed by atoms with Crippen LogP contribution in [-0.2, 0) is 14.3 Å². The lowest BCUT2D eigenvalue weighted by Crippen LogP contribution is -2.46. The molecule has 1 aromatic carbocycles. The van der Waals surface area contributed by atoms with Crippen molar-refractivity contribution in [1.29, 1.82) is 0 Å². The first kappa shape index (κ1) is 16.3. The van der Waals surface area contributed by atoms with Crippen molar-refractivity contribution in [3.05, 3.63) is 29.8 Å². The topological polar surface area (TPSA) is 76.1 Å². The van der Waals surface area contributed by atoms with E-state index in [2.05, 4.69) is 0 Å². The lowest BCUT2D eigenvalue weighted by Gasteiger charge is -2.39. The van der Waals surface area contributed by atoms with E-state index in [0.29, 0.717) is 25.3 Å². The van der Waals surface area contributed by atoms with Gasteiger partial charge in [0.2, 0.25) is 5.91 Å². The van der Waals surface area contributed by atoms with Crippen LogP contribution in [0.2, 0.25) is 0 Å². The second-order valence-corrected chi connectivity index (χ2v) is 5.28. The molecule has 1 heterocycles. The van der Waals surface area contributed by atoms with E-state index >= 15 is 0 Å². The maximum Gasteiger partial charge on any atom is 0.308 e. The van der Waals surface area contributed by atoms with Crippen molar-refractivity contribution in [2.75, 3.05) is 27.4 Å². The molecule has 0 aromatic heterocycles. The molecule has 1 fully saturated rings. The van der Waals surface area contributed by atoms with Gasteiger partial charge < -0.3 is 19.5 Å². The molecule has 120 valence electrons. The van der Waals surface area contributed by atoms with Gasteiger partial charge in [-0.2, -0.15) is 0 Å². The third-order valence-corrected chi connectivity index (χ3v) is 4.00. The number of ether oxygens (including phenoxy) is 2. The Kier molecular flexibility index (Phi) is 5.38. The summed E-state index contributed by atoms with van der Waals surface area (Å²) < 4.78 is 10.3. The van der Waals surface area contributed by atoms with Gasteiger partial charge in [-0.3, -0.25) is 9.59 Å². The molecule has 0 radical (unpaired) electrons. The van der Waals surface area contributed by atoms with Crippen molar-refractivity contribution in [3.8, 4) is 5.75 Å². The number of methoxy groups -OCH3 is 2. The van der Waals surface area contributed by atoms with Gasteiger partial charge >= 0.3 is 5.97 Å². The highest BCUT2D eigenvalue weighted by atomic mass is 16.5. The maximum atomic E-state index is 12.3. The monoisotopic (exact) mass is 307 g/mol. The molecule has 1 amide bonds. The second-order valence-electron chi connectivity index (χ2n) is 5.28. The summed E-state index contributed by atoms with van der Waals surface area (Å²) in [4.78, 5) is 25.5. The average molecular weight is 307 g/mol. The Morgan fingerprint density at radius 2 is 2.18 bits per heavy atom. The number of benzene rings is 1. The summed E-state index contributed by atoms with van der Waals surface area (Å²) in [5.41, 5.74) is 0.774. The van der Waals surface area contributed by atoms with Crippen LogP contribution in [0.25, 0.3) is 0 Å². The summed E-state index contributed by atoms with van der Waals surface area (Å²) in [5.74, 6) is -0.905. The van der Waals surface area contributed by atoms with Gasteiger partial charge in [-0.05, 0) is 24.1 Å². The third-order valence-electron chi connectivity index (χ3n) is 4.00. The first-order valence-corrected chi connectivity index (χ1v) is 7.23. The van der Waals surface area contributed by atoms with Gasteiger partial charge in [0.25, 0.3) is 0 Å². The highest BCUT2D eigenvalue weighted by Crippen LogP contribution is 2.37. The summed E-state index contributed by atoms with van der Waals surface area (Å²) in [5, 5.41) is 9.53. The van der Waals surface area contributed by atoms with E-state index < -0.39 is 17.9 Å². The lowest BCUT2D eigenvalue weighted by molar-refractivity contribution is -0.152. The largest absolute Gasteiger partial charge is 0.497 e. The number of piperidine rings is 1. The van der Waals surface area contributed by atoms with E-state index in [9.17, 15) is 14.7 Å². The molecule has 0 aliphatic carbocycles. The summed E-state index contributed by atoms with van der Waals surface area (Å²) >= 11 is 0. The van der Waals surface area contributed by atoms with Crippen LogP contribution in [-0.4, -0.2) is 49.3 Å². The van der Waals surface area contributed by atoms with Gasteiger partial charge in [0.1, 0.15) is 5.75 Å². The number of hydrogen-bond acceptors (Lipinski definition) is 4. The molecule has 1 saturated heterocycles. The first-order valence-electron chi connectivity index (χ1n) is 7.23. The zero-order chi connectivity index (χ0) is 16.1. The predicted molar refractivity (Wildman–Crippen MR) is 79.7 cm³/mol. The zero-order valence-corrected chi connectivity index (χ0v) is 12.8. The molecule has 1 aliphatic rings. The summed E-state index contributed by atoms with van der Waals surface area (Å²) in [6.07, 6.45) is 0.598. The lowest BCUT2D eigenvalue weighted by atomic mass is 9.84. The minimum Gasteiger partial charge on any atom is -0.497 e. The molecule has 2 atom stereocenters. The zero-order valence-electron chi connectivity index (χ0n) is 12.8. The smallest absolute Gasteiger partial charge is 0.308 e. The van der Waals surface area contributed by atoms with E-state index in [1.807, 2.05) is 6.07 Å². The molecular weight excluding hydrogens is 286 g/mol. The van der Waals surface area contributed by atoms with Crippen molar-refractivity contribution in [2.45, 2.75) is 18.9 Å². The number of hydrogen-bond donors (Lipinski definition) is 1. The van der Waals surface area contributed by atoms with Crippen LogP contribution in [0.15, 0.2) is 24.3 Å². The fraction of sp³-hybridized carbons (Fsp3) is 0.500. The van der Waals surface area contributed by atoms with Gasteiger partial charge in [0.05, 0.1) is 25.7 Å². The van der Waals surface area contributed by atoms with Crippen molar-refractivity contribution in [1.82, 2.24) is 4.90 Å². The normalized spacial score (nSPS) is 21.7. The number of carboxylic acids is 1. The Hall–Kier alpha value is -2.08. The minimum atomic E-state index is -0.886. The van der Waals surface area contributed by atoms with Crippen LogP contribution in [0.5, 0.6) is 5.75 Å². The molecule has 6 nitrogen and oxygen atoms in total. The molecule has 1 aromatic rings. The first-order chi connectivity index (χ1) is 10.6. The molecule has 0 saturated carbocycles. The molecule has 6 heteroatoms. The molecular formula is C16H21NO5. The molecule has 0 unspecified atom stereocenters. The number of nitrogens with zero attached hydrogens (tertiary/aromatic N) is 1. The van der Waals surface area contributed by atoms with E-state index in [1.54, 1.807) is 37.3 Å². The number of carboxylic acid groups (broad SMARTS) is 1. The van der Waals surface area contributed by atoms with E-state index in [-0.39, 0.29) is 12.3 Å². The van der Waals surface area contributed by atoms with Crippen LogP contribution in [0.4, 0.5) is 0 Å². The molecule has 2 rings (SSSR count). The molecule has 0 spiro atoms. The van der Waals surface area contributed by atoms with Crippen LogP contribution >= 0.6 is 0 Å². The van der Waals surface area contributed by atoms with Gasteiger partial charge in [-0.25, -0.2) is 0 Å². The average Bonchev–Trinajstić information content (AvgIpc) is 2.53. The summed E-state index contributed by atoms with van der Waals surface area (Å²) in [6, 6.07) is 6.73. The number of aliphatic carboxylic acids is 1. The van der Waals surface area contributed by atoms with E-state index in [4.69, 9.17) is 9.47 Å². The van der Waals surface area contributed by atoms with Crippen molar-refractivity contribution < 1.29 is 24.2 Å². The van der Waals surface area contributed by atoms with Gasteiger partial charge in [-0.15, -0.1) is 0 Å². The predicted octanol–water partition coefficient (Wildman–Crippen LogP) is 1.71. The van der Waals surface area contributed by atoms with Crippen LogP contribution in [0, 0.1) is 5.92 Å². The quantitative estimate of drug-likeness (QED) is 0.866. The fourth-order valence-electron chi connectivity index (χ4n) is 2.90. The SMILES string of the molecule is COCCN1C(=O)CC[C@H](C(=O)O)[C@@H]1c1cccc(OC)c1. The van der Waals surface area contributed by atoms with Crippen LogP contribution < -0.4 is 4.74 Å². The Balaban J connectivity index is 2.39. The van der Waals surface area contributed by atoms with Crippen molar-refractivity contribution in [2.24, 2.45) is 5.92 Å². The number of carbonyl (C=O) groups is 2. The Morgan fingerprint density at radius 1 is 1.41 bits per heavy atom. The molecule has 1 aliphatic heterocycles. The van der Waals surface area contributed by atoms with E-state index in [0.717, 1.165) is 5.56 Å². The highest BCUT2D eigenvalue weighted by molar-refractivity contribution is 5.81. The van der Waals surface area contributed by atoms with Crippen LogP contribution in [0.3, 0.4) is 0 Å². The van der Waals surface area contributed by atoms with Crippen LogP contribution in [0.1, 0.15) is 24.4 Å².